The normalized spacial score (nSPS) is 11.4. The molecule has 25 heavy (non-hydrogen) atoms. The number of hydrogen-bond donors (Lipinski definition) is 0. The minimum atomic E-state index is -0.215. The van der Waals surface area contributed by atoms with Crippen molar-refractivity contribution in [2.75, 3.05) is 0 Å². The molecular formula is C21H20FIrN2-. The smallest absolute Gasteiger partial charge is 0.125 e. The summed E-state index contributed by atoms with van der Waals surface area (Å²) in [6.07, 6.45) is 3.17. The Hall–Kier alpha value is -1.77. The molecule has 2 heterocycles. The van der Waals surface area contributed by atoms with E-state index >= 15 is 0 Å². The average molecular weight is 512 g/mol. The molecule has 0 unspecified atom stereocenters. The number of aryl methyl sites for hydroxylation is 3. The molecule has 0 atom stereocenters. The first-order chi connectivity index (χ1) is 11.6. The molecule has 4 heteroatoms. The summed E-state index contributed by atoms with van der Waals surface area (Å²) in [5, 5.41) is 3.14. The molecule has 0 saturated carbocycles. The van der Waals surface area contributed by atoms with Crippen molar-refractivity contribution in [3.8, 4) is 0 Å². The van der Waals surface area contributed by atoms with E-state index in [0.29, 0.717) is 0 Å². The van der Waals surface area contributed by atoms with E-state index in [1.165, 1.54) is 11.8 Å². The molecule has 2 aromatic carbocycles. The fourth-order valence-corrected chi connectivity index (χ4v) is 3.55. The molecular weight excluding hydrogens is 491 g/mol. The number of halogens is 1. The fraction of sp³-hybridized carbons (Fsp3) is 0.286. The Labute approximate surface area is 160 Å². The number of aromatic nitrogens is 2. The van der Waals surface area contributed by atoms with Gasteiger partial charge in [0.05, 0.1) is 5.65 Å². The zero-order valence-corrected chi connectivity index (χ0v) is 17.0. The molecule has 0 saturated heterocycles. The molecule has 0 bridgehead atoms. The van der Waals surface area contributed by atoms with E-state index in [0.717, 1.165) is 57.8 Å². The second-order valence-corrected chi connectivity index (χ2v) is 6.53. The number of unbranched alkanes of at least 4 members (excludes halogenated alkanes) is 1. The maximum atomic E-state index is 14.0. The Morgan fingerprint density at radius 2 is 1.96 bits per heavy atom. The van der Waals surface area contributed by atoms with Gasteiger partial charge in [-0.2, -0.15) is 0 Å². The van der Waals surface area contributed by atoms with Crippen LogP contribution in [0.1, 0.15) is 36.7 Å². The van der Waals surface area contributed by atoms with E-state index in [1.807, 2.05) is 19.1 Å². The van der Waals surface area contributed by atoms with Crippen LogP contribution in [0.2, 0.25) is 0 Å². The van der Waals surface area contributed by atoms with Gasteiger partial charge in [0, 0.05) is 37.0 Å². The number of benzene rings is 2. The average Bonchev–Trinajstić information content (AvgIpc) is 2.89. The Balaban J connectivity index is 0.00000182. The van der Waals surface area contributed by atoms with Gasteiger partial charge in [-0.1, -0.05) is 31.7 Å². The van der Waals surface area contributed by atoms with E-state index in [2.05, 4.69) is 30.4 Å². The molecule has 2 nitrogen and oxygen atoms in total. The Morgan fingerprint density at radius 3 is 2.72 bits per heavy atom. The second-order valence-electron chi connectivity index (χ2n) is 6.53. The predicted molar refractivity (Wildman–Crippen MR) is 97.1 cm³/mol. The number of pyridine rings is 1. The maximum Gasteiger partial charge on any atom is 0.125 e. The van der Waals surface area contributed by atoms with E-state index < -0.39 is 0 Å². The van der Waals surface area contributed by atoms with Crippen molar-refractivity contribution in [2.45, 2.75) is 40.0 Å². The predicted octanol–water partition coefficient (Wildman–Crippen LogP) is 5.54. The van der Waals surface area contributed by atoms with Crippen LogP contribution in [-0.2, 0) is 26.5 Å². The Bertz CT molecular complexity index is 1080. The molecule has 4 rings (SSSR count). The van der Waals surface area contributed by atoms with Crippen LogP contribution in [0.25, 0.3) is 27.3 Å². The summed E-state index contributed by atoms with van der Waals surface area (Å²) in [7, 11) is 0. The topological polar surface area (TPSA) is 17.3 Å². The van der Waals surface area contributed by atoms with Gasteiger partial charge in [-0.15, -0.1) is 29.1 Å². The monoisotopic (exact) mass is 512 g/mol. The molecule has 0 amide bonds. The Morgan fingerprint density at radius 1 is 1.16 bits per heavy atom. The molecule has 1 radical (unpaired) electrons. The zero-order chi connectivity index (χ0) is 16.8. The van der Waals surface area contributed by atoms with Crippen molar-refractivity contribution in [2.24, 2.45) is 0 Å². The number of nitrogens with zero attached hydrogens (tertiary/aromatic N) is 2. The van der Waals surface area contributed by atoms with Crippen molar-refractivity contribution in [1.29, 1.82) is 0 Å². The van der Waals surface area contributed by atoms with E-state index in [9.17, 15) is 4.39 Å². The number of imidazole rings is 1. The number of rotatable bonds is 3. The first kappa shape index (κ1) is 18.0. The van der Waals surface area contributed by atoms with Crippen LogP contribution in [0.5, 0.6) is 0 Å². The summed E-state index contributed by atoms with van der Waals surface area (Å²) in [6.45, 7) is 6.28. The van der Waals surface area contributed by atoms with Crippen molar-refractivity contribution in [1.82, 2.24) is 9.38 Å². The van der Waals surface area contributed by atoms with E-state index in [4.69, 9.17) is 4.98 Å². The van der Waals surface area contributed by atoms with Gasteiger partial charge in [0.15, 0.2) is 0 Å². The molecule has 0 aliphatic rings. The fourth-order valence-electron chi connectivity index (χ4n) is 3.55. The number of hydrogen-bond acceptors (Lipinski definition) is 1. The molecule has 0 spiro atoms. The van der Waals surface area contributed by atoms with Gasteiger partial charge in [-0.05, 0) is 37.3 Å². The molecule has 131 valence electrons. The van der Waals surface area contributed by atoms with Crippen LogP contribution in [0.15, 0.2) is 30.3 Å². The summed E-state index contributed by atoms with van der Waals surface area (Å²) >= 11 is 0. The van der Waals surface area contributed by atoms with Gasteiger partial charge in [-0.25, -0.2) is 4.39 Å². The molecule has 0 fully saturated rings. The summed E-state index contributed by atoms with van der Waals surface area (Å²) in [5.74, 6) is -0.215. The first-order valence-electron chi connectivity index (χ1n) is 8.51. The van der Waals surface area contributed by atoms with Crippen molar-refractivity contribution >= 4 is 27.3 Å². The third kappa shape index (κ3) is 2.88. The SMILES string of the molecule is CCCCc1c(C)nc2c3[c-]cc(C)cc3c3ccc(F)cc3n12.[Ir]. The third-order valence-corrected chi connectivity index (χ3v) is 4.74. The van der Waals surface area contributed by atoms with Gasteiger partial charge in [0.1, 0.15) is 5.82 Å². The molecule has 0 N–H and O–H groups in total. The van der Waals surface area contributed by atoms with Gasteiger partial charge < -0.3 is 4.40 Å². The summed E-state index contributed by atoms with van der Waals surface area (Å²) in [6, 6.07) is 12.6. The van der Waals surface area contributed by atoms with Crippen molar-refractivity contribution < 1.29 is 24.5 Å². The van der Waals surface area contributed by atoms with Crippen LogP contribution in [0.3, 0.4) is 0 Å². The van der Waals surface area contributed by atoms with Crippen LogP contribution in [0.4, 0.5) is 4.39 Å². The Kier molecular flexibility index (Phi) is 4.94. The van der Waals surface area contributed by atoms with Crippen LogP contribution in [-0.4, -0.2) is 9.38 Å². The van der Waals surface area contributed by atoms with Crippen LogP contribution < -0.4 is 0 Å². The van der Waals surface area contributed by atoms with Gasteiger partial charge in [0.2, 0.25) is 0 Å². The molecule has 0 aliphatic heterocycles. The summed E-state index contributed by atoms with van der Waals surface area (Å²) in [5.41, 5.74) is 5.12. The molecule has 0 aliphatic carbocycles. The third-order valence-electron chi connectivity index (χ3n) is 4.74. The van der Waals surface area contributed by atoms with Gasteiger partial charge in [-0.3, -0.25) is 4.98 Å². The van der Waals surface area contributed by atoms with Crippen LogP contribution >= 0.6 is 0 Å². The van der Waals surface area contributed by atoms with E-state index in [-0.39, 0.29) is 25.9 Å². The molecule has 4 aromatic rings. The molecule has 2 aromatic heterocycles. The first-order valence-corrected chi connectivity index (χ1v) is 8.51. The largest absolute Gasteiger partial charge is 0.337 e. The van der Waals surface area contributed by atoms with Crippen molar-refractivity contribution in [3.63, 3.8) is 0 Å². The van der Waals surface area contributed by atoms with Crippen molar-refractivity contribution in [3.05, 3.63) is 59.2 Å². The van der Waals surface area contributed by atoms with Gasteiger partial charge in [0.25, 0.3) is 0 Å². The minimum absolute atomic E-state index is 0. The quantitative estimate of drug-likeness (QED) is 0.261. The minimum Gasteiger partial charge on any atom is -0.337 e. The standard InChI is InChI=1S/C21H20FN2.Ir/c1-4-5-6-19-14(3)23-21-17-9-7-13(2)11-18(17)16-10-8-15(22)12-20(16)24(19)21;/h7-8,10-12H,4-6H2,1-3H3;/q-1;. The summed E-state index contributed by atoms with van der Waals surface area (Å²) in [4.78, 5) is 4.81. The van der Waals surface area contributed by atoms with E-state index in [1.54, 1.807) is 6.07 Å². The number of fused-ring (bicyclic) bond motifs is 6. The zero-order valence-electron chi connectivity index (χ0n) is 14.6. The maximum absolute atomic E-state index is 14.0. The summed E-state index contributed by atoms with van der Waals surface area (Å²) < 4.78 is 16.1. The van der Waals surface area contributed by atoms with Crippen LogP contribution in [0, 0.1) is 25.7 Å². The second kappa shape index (κ2) is 6.85. The van der Waals surface area contributed by atoms with Gasteiger partial charge >= 0.3 is 0 Å².